The zero-order chi connectivity index (χ0) is 18.4. The molecule has 0 spiro atoms. The Morgan fingerprint density at radius 1 is 1.19 bits per heavy atom. The summed E-state index contributed by atoms with van der Waals surface area (Å²) in [4.78, 5) is 19.2. The van der Waals surface area contributed by atoms with Gasteiger partial charge >= 0.3 is 0 Å². The van der Waals surface area contributed by atoms with Gasteiger partial charge in [-0.05, 0) is 13.0 Å². The van der Waals surface area contributed by atoms with Gasteiger partial charge in [0.15, 0.2) is 0 Å². The van der Waals surface area contributed by atoms with Gasteiger partial charge in [0.05, 0.1) is 17.2 Å². The number of aromatic amines is 1. The minimum absolute atomic E-state index is 0.111. The summed E-state index contributed by atoms with van der Waals surface area (Å²) in [5, 5.41) is 23.0. The number of aliphatic hydroxyl groups excluding tert-OH is 1. The number of hydrogen-bond donors (Lipinski definition) is 2. The zero-order valence-corrected chi connectivity index (χ0v) is 15.3. The summed E-state index contributed by atoms with van der Waals surface area (Å²) < 4.78 is 0. The van der Waals surface area contributed by atoms with Crippen molar-refractivity contribution >= 4 is 16.6 Å². The van der Waals surface area contributed by atoms with E-state index in [1.54, 1.807) is 18.2 Å². The highest BCUT2D eigenvalue weighted by Gasteiger charge is 2.62. The first kappa shape index (κ1) is 16.2. The quantitative estimate of drug-likeness (QED) is 0.637. The summed E-state index contributed by atoms with van der Waals surface area (Å²) >= 11 is 0. The van der Waals surface area contributed by atoms with Gasteiger partial charge in [0.2, 0.25) is 0 Å². The van der Waals surface area contributed by atoms with Gasteiger partial charge in [-0.3, -0.25) is 19.9 Å². The molecule has 0 saturated carbocycles. The first-order valence-corrected chi connectivity index (χ1v) is 9.15. The maximum absolute atomic E-state index is 11.3. The smallest absolute Gasteiger partial charge is 0.270 e. The number of aryl methyl sites for hydroxylation is 1. The summed E-state index contributed by atoms with van der Waals surface area (Å²) in [7, 11) is 0. The van der Waals surface area contributed by atoms with E-state index in [-0.39, 0.29) is 33.7 Å². The van der Waals surface area contributed by atoms with Crippen LogP contribution in [0.15, 0.2) is 18.2 Å². The minimum atomic E-state index is -0.332. The molecule has 0 aliphatic carbocycles. The van der Waals surface area contributed by atoms with Crippen LogP contribution < -0.4 is 0 Å². The number of rotatable bonds is 2. The minimum Gasteiger partial charge on any atom is -0.392 e. The van der Waals surface area contributed by atoms with Crippen LogP contribution in [0, 0.1) is 27.9 Å². The Kier molecular flexibility index (Phi) is 3.03. The first-order valence-electron chi connectivity index (χ1n) is 9.15. The number of nitrogens with one attached hydrogen (secondary N) is 1. The fraction of sp³-hybridized carbons (Fsp3) is 0.579. The highest BCUT2D eigenvalue weighted by Crippen LogP contribution is 2.55. The van der Waals surface area contributed by atoms with Gasteiger partial charge < -0.3 is 10.1 Å². The molecule has 2 aromatic rings. The average molecular weight is 356 g/mol. The fourth-order valence-corrected chi connectivity index (χ4v) is 5.98. The number of nitrogens with zero attached hydrogens (tertiary/aromatic N) is 3. The Hall–Kier alpha value is -1.96. The molecule has 138 valence electrons. The van der Waals surface area contributed by atoms with Crippen LogP contribution in [0.25, 0.3) is 10.9 Å². The Labute approximate surface area is 151 Å². The molecule has 5 heterocycles. The molecule has 7 nitrogen and oxygen atoms in total. The van der Waals surface area contributed by atoms with E-state index in [1.165, 1.54) is 0 Å². The van der Waals surface area contributed by atoms with Crippen molar-refractivity contribution in [3.05, 3.63) is 39.6 Å². The van der Waals surface area contributed by atoms with E-state index in [0.717, 1.165) is 48.3 Å². The predicted molar refractivity (Wildman–Crippen MR) is 97.8 cm³/mol. The Morgan fingerprint density at radius 2 is 1.77 bits per heavy atom. The van der Waals surface area contributed by atoms with Gasteiger partial charge in [-0.25, -0.2) is 0 Å². The topological polar surface area (TPSA) is 85.6 Å². The molecule has 4 bridgehead atoms. The van der Waals surface area contributed by atoms with E-state index in [4.69, 9.17) is 0 Å². The molecular formula is C19H24N4O3. The Bertz CT molecular complexity index is 898. The van der Waals surface area contributed by atoms with Gasteiger partial charge in [-0.2, -0.15) is 0 Å². The number of non-ortho nitro benzene ring substituents is 1. The fourth-order valence-electron chi connectivity index (χ4n) is 5.98. The molecule has 4 aliphatic rings. The van der Waals surface area contributed by atoms with E-state index < -0.39 is 0 Å². The van der Waals surface area contributed by atoms with E-state index in [2.05, 4.69) is 28.6 Å². The van der Waals surface area contributed by atoms with Gasteiger partial charge in [0.25, 0.3) is 5.69 Å². The second kappa shape index (κ2) is 4.85. The molecule has 0 amide bonds. The van der Waals surface area contributed by atoms with Gasteiger partial charge in [-0.1, -0.05) is 13.8 Å². The van der Waals surface area contributed by atoms with Gasteiger partial charge in [-0.15, -0.1) is 0 Å². The third-order valence-corrected chi connectivity index (χ3v) is 6.76. The van der Waals surface area contributed by atoms with Crippen molar-refractivity contribution in [2.75, 3.05) is 26.2 Å². The lowest BCUT2D eigenvalue weighted by atomic mass is 9.60. The van der Waals surface area contributed by atoms with Crippen LogP contribution in [0.1, 0.15) is 31.3 Å². The highest BCUT2D eigenvalue weighted by molar-refractivity contribution is 5.87. The van der Waals surface area contributed by atoms with Crippen LogP contribution in [-0.4, -0.2) is 57.1 Å². The van der Waals surface area contributed by atoms with Crippen molar-refractivity contribution in [2.45, 2.75) is 33.0 Å². The van der Waals surface area contributed by atoms with E-state index in [0.29, 0.717) is 0 Å². The molecule has 2 N–H and O–H groups in total. The third-order valence-electron chi connectivity index (χ3n) is 6.76. The SMILES string of the molecule is Cc1[nH]c2ccc([N+](=O)[O-])cc2c1C1N2CC3(C)CN1CC(C)(C2)C3O. The van der Waals surface area contributed by atoms with Crippen molar-refractivity contribution in [3.8, 4) is 0 Å². The predicted octanol–water partition coefficient (Wildman–Crippen LogP) is 2.40. The van der Waals surface area contributed by atoms with Crippen LogP contribution in [0.2, 0.25) is 0 Å². The third kappa shape index (κ3) is 1.93. The van der Waals surface area contributed by atoms with Crippen molar-refractivity contribution in [2.24, 2.45) is 10.8 Å². The molecule has 4 aliphatic heterocycles. The largest absolute Gasteiger partial charge is 0.392 e. The van der Waals surface area contributed by atoms with E-state index in [1.807, 2.05) is 6.92 Å². The summed E-state index contributed by atoms with van der Waals surface area (Å²) in [6.07, 6.45) is -0.173. The molecular weight excluding hydrogens is 332 g/mol. The normalized spacial score (nSPS) is 41.1. The summed E-state index contributed by atoms with van der Waals surface area (Å²) in [6.45, 7) is 9.82. The highest BCUT2D eigenvalue weighted by atomic mass is 16.6. The van der Waals surface area contributed by atoms with Crippen molar-refractivity contribution in [1.82, 2.24) is 14.8 Å². The average Bonchev–Trinajstić information content (AvgIpc) is 2.87. The maximum atomic E-state index is 11.3. The van der Waals surface area contributed by atoms with Crippen LogP contribution in [0.5, 0.6) is 0 Å². The van der Waals surface area contributed by atoms with Gasteiger partial charge in [0, 0.05) is 71.3 Å². The number of benzene rings is 1. The molecule has 4 fully saturated rings. The molecule has 0 atom stereocenters. The van der Waals surface area contributed by atoms with Crippen LogP contribution in [0.3, 0.4) is 0 Å². The molecule has 6 rings (SSSR count). The molecule has 0 unspecified atom stereocenters. The first-order chi connectivity index (χ1) is 12.2. The number of fused-ring (bicyclic) bond motifs is 1. The number of aromatic nitrogens is 1. The number of hydrogen-bond acceptors (Lipinski definition) is 5. The van der Waals surface area contributed by atoms with Crippen molar-refractivity contribution < 1.29 is 10.0 Å². The molecule has 1 aromatic heterocycles. The van der Waals surface area contributed by atoms with Crippen molar-refractivity contribution in [3.63, 3.8) is 0 Å². The molecule has 1 aromatic carbocycles. The lowest BCUT2D eigenvalue weighted by Crippen LogP contribution is -2.76. The van der Waals surface area contributed by atoms with Crippen LogP contribution >= 0.6 is 0 Å². The second-order valence-corrected chi connectivity index (χ2v) is 9.04. The molecule has 0 radical (unpaired) electrons. The Morgan fingerprint density at radius 3 is 2.31 bits per heavy atom. The number of nitro groups is 1. The monoisotopic (exact) mass is 356 g/mol. The molecule has 4 saturated heterocycles. The number of aliphatic hydroxyl groups is 1. The Balaban J connectivity index is 1.65. The number of nitro benzene ring substituents is 1. The maximum Gasteiger partial charge on any atom is 0.270 e. The summed E-state index contributed by atoms with van der Waals surface area (Å²) in [5.74, 6) is 0. The van der Waals surface area contributed by atoms with Crippen LogP contribution in [-0.2, 0) is 0 Å². The number of piperidine rings is 2. The lowest BCUT2D eigenvalue weighted by molar-refractivity contribution is -0.384. The standard InChI is InChI=1S/C19H24N4O3/c1-11-15(13-6-12(23(25)26)4-5-14(13)20-11)16-21-7-18(2)8-22(16)10-19(3,9-21)17(18)24/h4-6,16-17,20,24H,7-10H2,1-3H3. The molecule has 7 heteroatoms. The van der Waals surface area contributed by atoms with E-state index >= 15 is 0 Å². The summed E-state index contributed by atoms with van der Waals surface area (Å²) in [5.41, 5.74) is 3.04. The van der Waals surface area contributed by atoms with Gasteiger partial charge in [0.1, 0.15) is 0 Å². The van der Waals surface area contributed by atoms with E-state index in [9.17, 15) is 15.2 Å². The van der Waals surface area contributed by atoms with Crippen molar-refractivity contribution in [1.29, 1.82) is 0 Å². The number of H-pyrrole nitrogens is 1. The molecule has 26 heavy (non-hydrogen) atoms. The zero-order valence-electron chi connectivity index (χ0n) is 15.3. The lowest BCUT2D eigenvalue weighted by Gasteiger charge is -2.68. The second-order valence-electron chi connectivity index (χ2n) is 9.04. The summed E-state index contributed by atoms with van der Waals surface area (Å²) in [6, 6.07) is 5.05. The van der Waals surface area contributed by atoms with Crippen LogP contribution in [0.4, 0.5) is 5.69 Å².